The first kappa shape index (κ1) is 34.9. The largest absolute Gasteiger partial charge is 0.480 e. The molecule has 0 radical (unpaired) electrons. The average molecular weight is 620 g/mol. The third-order valence-electron chi connectivity index (χ3n) is 5.85. The number of ether oxygens (including phenoxy) is 3. The molecule has 0 aliphatic carbocycles. The predicted molar refractivity (Wildman–Crippen MR) is 143 cm³/mol. The van der Waals surface area contributed by atoms with Gasteiger partial charge in [-0.1, -0.05) is 11.2 Å². The lowest BCUT2D eigenvalue weighted by atomic mass is 9.86. The minimum absolute atomic E-state index is 0.604. The van der Waals surface area contributed by atoms with Crippen molar-refractivity contribution in [1.82, 2.24) is 9.55 Å². The van der Waals surface area contributed by atoms with Gasteiger partial charge in [-0.2, -0.15) is 0 Å². The van der Waals surface area contributed by atoms with E-state index in [2.05, 4.69) is 16.6 Å². The van der Waals surface area contributed by atoms with E-state index >= 15 is 4.39 Å². The van der Waals surface area contributed by atoms with Gasteiger partial charge < -0.3 is 14.2 Å². The minimum atomic E-state index is -4.77. The molecule has 1 aliphatic heterocycles. The number of carbonyl (C=O) groups is 2. The number of phosphoric ester groups is 1. The van der Waals surface area contributed by atoms with Crippen molar-refractivity contribution in [3.05, 3.63) is 56.2 Å². The van der Waals surface area contributed by atoms with Gasteiger partial charge in [0, 0.05) is 23.1 Å². The molecule has 2 heterocycles. The smallest absolute Gasteiger partial charge is 0.437 e. The highest BCUT2D eigenvalue weighted by Crippen LogP contribution is 2.53. The van der Waals surface area contributed by atoms with Crippen molar-refractivity contribution in [3.63, 3.8) is 0 Å². The van der Waals surface area contributed by atoms with Crippen LogP contribution in [-0.2, 0) is 41.9 Å². The number of esters is 2. The molecule has 1 N–H and O–H groups in total. The summed E-state index contributed by atoms with van der Waals surface area (Å²) in [6.07, 6.45) is -1.52. The van der Waals surface area contributed by atoms with Crippen LogP contribution in [0.25, 0.3) is 10.4 Å². The number of aromatic amines is 1. The number of rotatable bonds is 13. The SMILES string of the molecule is C=C[C@H]1[C@@H](F)[C@H](n2ccc(=O)[nH]c2=O)O[C@]1(CN=[N+]=[N-])COP(=O)(OCOC(=O)C(C)(C)C)OCOC(=O)C(C)(C)C. The molecule has 18 heteroatoms. The number of aromatic nitrogens is 2. The van der Waals surface area contributed by atoms with Crippen LogP contribution >= 0.6 is 7.82 Å². The molecule has 42 heavy (non-hydrogen) atoms. The standard InChI is InChI=1S/C24H35FN5O11P/c1-8-15-17(25)18(30-10-9-16(31)28-21(30)34)41-24(15,11-27-29-26)12-38-42(35,39-13-36-19(32)22(2,3)4)40-14-37-20(33)23(5,6)7/h8-10,15,17-18H,1,11-14H2,2-7H3,(H,28,31,34)/t15-,17+,18+,24+/m0/s1. The molecular weight excluding hydrogens is 584 g/mol. The quantitative estimate of drug-likeness (QED) is 0.0642. The highest BCUT2D eigenvalue weighted by atomic mass is 31.2. The fraction of sp³-hybridized carbons (Fsp3) is 0.667. The summed E-state index contributed by atoms with van der Waals surface area (Å²) >= 11 is 0. The zero-order valence-corrected chi connectivity index (χ0v) is 25.0. The van der Waals surface area contributed by atoms with Crippen LogP contribution in [0.15, 0.2) is 39.6 Å². The maximum atomic E-state index is 15.7. The molecule has 0 amide bonds. The summed E-state index contributed by atoms with van der Waals surface area (Å²) in [5, 5.41) is 3.45. The first-order valence-electron chi connectivity index (χ1n) is 12.5. The second-order valence-electron chi connectivity index (χ2n) is 11.3. The third-order valence-corrected chi connectivity index (χ3v) is 7.14. The van der Waals surface area contributed by atoms with E-state index in [9.17, 15) is 23.7 Å². The van der Waals surface area contributed by atoms with Gasteiger partial charge in [0.25, 0.3) is 5.56 Å². The van der Waals surface area contributed by atoms with E-state index in [0.717, 1.165) is 22.9 Å². The molecule has 1 aliphatic rings. The lowest BCUT2D eigenvalue weighted by molar-refractivity contribution is -0.164. The summed E-state index contributed by atoms with van der Waals surface area (Å²) in [5.74, 6) is -2.75. The Morgan fingerprint density at radius 2 is 1.71 bits per heavy atom. The van der Waals surface area contributed by atoms with E-state index in [1.54, 1.807) is 41.5 Å². The third kappa shape index (κ3) is 8.84. The summed E-state index contributed by atoms with van der Waals surface area (Å²) in [6, 6.07) is 0.970. The van der Waals surface area contributed by atoms with Gasteiger partial charge in [0.05, 0.1) is 24.0 Å². The number of alkyl halides is 1. The molecular formula is C24H35FN5O11P. The Bertz CT molecular complexity index is 1330. The Morgan fingerprint density at radius 3 is 2.17 bits per heavy atom. The van der Waals surface area contributed by atoms with Crippen molar-refractivity contribution < 1.29 is 46.3 Å². The van der Waals surface area contributed by atoms with Gasteiger partial charge in [-0.05, 0) is 47.1 Å². The lowest BCUT2D eigenvalue weighted by Crippen LogP contribution is -2.44. The molecule has 1 aromatic rings. The maximum absolute atomic E-state index is 15.7. The molecule has 0 saturated carbocycles. The number of nitrogens with zero attached hydrogens (tertiary/aromatic N) is 4. The van der Waals surface area contributed by atoms with Crippen molar-refractivity contribution in [1.29, 1.82) is 0 Å². The zero-order valence-electron chi connectivity index (χ0n) is 24.1. The van der Waals surface area contributed by atoms with Crippen LogP contribution in [0.2, 0.25) is 0 Å². The Hall–Kier alpha value is -3.33. The van der Waals surface area contributed by atoms with E-state index in [4.69, 9.17) is 33.3 Å². The number of hydrogen-bond donors (Lipinski definition) is 1. The molecule has 2 rings (SSSR count). The molecule has 0 bridgehead atoms. The molecule has 4 atom stereocenters. The van der Waals surface area contributed by atoms with Crippen LogP contribution in [0.1, 0.15) is 47.8 Å². The molecule has 0 spiro atoms. The van der Waals surface area contributed by atoms with Crippen molar-refractivity contribution in [2.45, 2.75) is 59.5 Å². The number of halogens is 1. The fourth-order valence-electron chi connectivity index (χ4n) is 3.53. The molecule has 0 aromatic carbocycles. The summed E-state index contributed by atoms with van der Waals surface area (Å²) in [7, 11) is -4.77. The van der Waals surface area contributed by atoms with Gasteiger partial charge in [-0.15, -0.1) is 6.58 Å². The fourth-order valence-corrected chi connectivity index (χ4v) is 4.49. The van der Waals surface area contributed by atoms with Crippen LogP contribution in [-0.4, -0.2) is 60.0 Å². The summed E-state index contributed by atoms with van der Waals surface area (Å²) in [6.45, 7) is 9.74. The van der Waals surface area contributed by atoms with E-state index in [-0.39, 0.29) is 0 Å². The first-order valence-corrected chi connectivity index (χ1v) is 14.0. The second kappa shape index (κ2) is 13.8. The molecule has 1 aromatic heterocycles. The zero-order chi connectivity index (χ0) is 31.9. The summed E-state index contributed by atoms with van der Waals surface area (Å²) in [4.78, 5) is 52.7. The first-order chi connectivity index (χ1) is 19.4. The number of hydrogen-bond acceptors (Lipinski definition) is 12. The normalized spacial score (nSPS) is 22.7. The predicted octanol–water partition coefficient (Wildman–Crippen LogP) is 3.51. The summed E-state index contributed by atoms with van der Waals surface area (Å²) < 4.78 is 61.4. The molecule has 1 saturated heterocycles. The Kier molecular flexibility index (Phi) is 11.4. The Balaban J connectivity index is 2.37. The van der Waals surface area contributed by atoms with Crippen LogP contribution in [0.5, 0.6) is 0 Å². The number of azide groups is 1. The molecule has 1 fully saturated rings. The van der Waals surface area contributed by atoms with E-state index in [0.29, 0.717) is 0 Å². The van der Waals surface area contributed by atoms with Crippen molar-refractivity contribution in [2.75, 3.05) is 26.7 Å². The number of nitrogens with one attached hydrogen (secondary N) is 1. The van der Waals surface area contributed by atoms with Gasteiger partial charge in [-0.25, -0.2) is 22.8 Å². The van der Waals surface area contributed by atoms with Gasteiger partial charge in [-0.3, -0.25) is 28.5 Å². The van der Waals surface area contributed by atoms with Gasteiger partial charge in [0.1, 0.15) is 5.60 Å². The summed E-state index contributed by atoms with van der Waals surface area (Å²) in [5.41, 5.74) is 3.45. The number of carbonyl (C=O) groups excluding carboxylic acids is 2. The topological polar surface area (TPSA) is 210 Å². The highest BCUT2D eigenvalue weighted by molar-refractivity contribution is 7.48. The van der Waals surface area contributed by atoms with Crippen LogP contribution in [0, 0.1) is 16.7 Å². The van der Waals surface area contributed by atoms with Crippen molar-refractivity contribution >= 4 is 19.8 Å². The van der Waals surface area contributed by atoms with Crippen LogP contribution in [0.4, 0.5) is 4.39 Å². The Labute approximate surface area is 240 Å². The minimum Gasteiger partial charge on any atom is -0.437 e. The number of H-pyrrole nitrogens is 1. The average Bonchev–Trinajstić information content (AvgIpc) is 3.16. The lowest BCUT2D eigenvalue weighted by Gasteiger charge is -2.32. The van der Waals surface area contributed by atoms with Crippen molar-refractivity contribution in [3.8, 4) is 0 Å². The van der Waals surface area contributed by atoms with Gasteiger partial charge in [0.2, 0.25) is 13.6 Å². The maximum Gasteiger partial charge on any atom is 0.480 e. The molecule has 16 nitrogen and oxygen atoms in total. The molecule has 0 unspecified atom stereocenters. The second-order valence-corrected chi connectivity index (χ2v) is 12.9. The van der Waals surface area contributed by atoms with Crippen LogP contribution in [0.3, 0.4) is 0 Å². The van der Waals surface area contributed by atoms with E-state index in [1.807, 2.05) is 4.98 Å². The van der Waals surface area contributed by atoms with Crippen LogP contribution < -0.4 is 11.2 Å². The highest BCUT2D eigenvalue weighted by Gasteiger charge is 2.56. The molecule has 234 valence electrons. The van der Waals surface area contributed by atoms with Crippen molar-refractivity contribution in [2.24, 2.45) is 21.9 Å². The van der Waals surface area contributed by atoms with E-state index < -0.39 is 92.5 Å². The van der Waals surface area contributed by atoms with Gasteiger partial charge >= 0.3 is 25.5 Å². The van der Waals surface area contributed by atoms with E-state index in [1.165, 1.54) is 0 Å². The van der Waals surface area contributed by atoms with Gasteiger partial charge in [0.15, 0.2) is 12.4 Å². The number of phosphoric acid groups is 1. The Morgan fingerprint density at radius 1 is 1.17 bits per heavy atom. The monoisotopic (exact) mass is 619 g/mol.